The van der Waals surface area contributed by atoms with Crippen LogP contribution in [0, 0.1) is 0 Å². The number of likely N-dealkylation sites (tertiary alicyclic amines) is 1. The fourth-order valence-electron chi connectivity index (χ4n) is 2.08. The van der Waals surface area contributed by atoms with Crippen molar-refractivity contribution < 1.29 is 14.6 Å². The van der Waals surface area contributed by atoms with E-state index in [2.05, 4.69) is 11.8 Å². The van der Waals surface area contributed by atoms with Gasteiger partial charge >= 0.3 is 5.97 Å². The topological polar surface area (TPSA) is 49.8 Å². The second-order valence-corrected chi connectivity index (χ2v) is 3.86. The maximum absolute atomic E-state index is 11.0. The first-order valence-corrected chi connectivity index (χ1v) is 5.14. The Bertz CT molecular complexity index is 196. The molecule has 0 radical (unpaired) electrons. The molecule has 1 aliphatic rings. The van der Waals surface area contributed by atoms with Crippen LogP contribution in [0.15, 0.2) is 0 Å². The highest BCUT2D eigenvalue weighted by Crippen LogP contribution is 2.21. The third-order valence-corrected chi connectivity index (χ3v) is 2.89. The molecule has 14 heavy (non-hydrogen) atoms. The van der Waals surface area contributed by atoms with Gasteiger partial charge in [0.25, 0.3) is 0 Å². The Morgan fingerprint density at radius 1 is 1.71 bits per heavy atom. The van der Waals surface area contributed by atoms with Crippen molar-refractivity contribution in [3.8, 4) is 0 Å². The van der Waals surface area contributed by atoms with Gasteiger partial charge in [-0.05, 0) is 32.7 Å². The van der Waals surface area contributed by atoms with Crippen LogP contribution in [0.5, 0.6) is 0 Å². The number of aliphatic carboxylic acids is 1. The number of methoxy groups -OCH3 is 1. The first-order valence-electron chi connectivity index (χ1n) is 5.14. The summed E-state index contributed by atoms with van der Waals surface area (Å²) in [5.74, 6) is -0.726. The number of hydrogen-bond acceptors (Lipinski definition) is 3. The number of carboxylic acid groups (broad SMARTS) is 1. The van der Waals surface area contributed by atoms with Crippen LogP contribution in [0.3, 0.4) is 0 Å². The maximum atomic E-state index is 11.0. The molecule has 1 N–H and O–H groups in total. The maximum Gasteiger partial charge on any atom is 0.321 e. The molecular formula is C10H19NO3. The molecule has 2 atom stereocenters. The van der Waals surface area contributed by atoms with Crippen molar-refractivity contribution in [3.63, 3.8) is 0 Å². The van der Waals surface area contributed by atoms with Gasteiger partial charge in [0.05, 0.1) is 0 Å². The lowest BCUT2D eigenvalue weighted by Crippen LogP contribution is -2.43. The zero-order valence-corrected chi connectivity index (χ0v) is 8.90. The molecular weight excluding hydrogens is 182 g/mol. The summed E-state index contributed by atoms with van der Waals surface area (Å²) in [5, 5.41) is 9.08. The molecule has 1 aliphatic heterocycles. The fraction of sp³-hybridized carbons (Fsp3) is 0.900. The summed E-state index contributed by atoms with van der Waals surface area (Å²) in [5.41, 5.74) is 0. The summed E-state index contributed by atoms with van der Waals surface area (Å²) in [6.45, 7) is 3.51. The van der Waals surface area contributed by atoms with E-state index in [1.54, 1.807) is 7.11 Å². The van der Waals surface area contributed by atoms with E-state index in [-0.39, 0.29) is 6.04 Å². The van der Waals surface area contributed by atoms with Crippen molar-refractivity contribution in [2.45, 2.75) is 38.3 Å². The van der Waals surface area contributed by atoms with Crippen LogP contribution < -0.4 is 0 Å². The molecule has 1 fully saturated rings. The van der Waals surface area contributed by atoms with Gasteiger partial charge in [-0.25, -0.2) is 0 Å². The van der Waals surface area contributed by atoms with Crippen LogP contribution in [0.2, 0.25) is 0 Å². The van der Waals surface area contributed by atoms with Crippen molar-refractivity contribution in [3.05, 3.63) is 0 Å². The Hall–Kier alpha value is -0.610. The highest BCUT2D eigenvalue weighted by Gasteiger charge is 2.31. The molecule has 0 bridgehead atoms. The molecule has 0 aliphatic carbocycles. The summed E-state index contributed by atoms with van der Waals surface area (Å²) in [6.07, 6.45) is 2.80. The molecule has 0 saturated carbocycles. The lowest BCUT2D eigenvalue weighted by molar-refractivity contribution is -0.144. The zero-order valence-electron chi connectivity index (χ0n) is 8.90. The van der Waals surface area contributed by atoms with Gasteiger partial charge in [-0.15, -0.1) is 0 Å². The molecule has 1 rings (SSSR count). The first-order chi connectivity index (χ1) is 6.66. The Balaban J connectivity index is 2.52. The van der Waals surface area contributed by atoms with E-state index in [4.69, 9.17) is 9.84 Å². The van der Waals surface area contributed by atoms with Crippen molar-refractivity contribution in [1.82, 2.24) is 4.90 Å². The normalized spacial score (nSPS) is 25.1. The fourth-order valence-corrected chi connectivity index (χ4v) is 2.08. The lowest BCUT2D eigenvalue weighted by atomic mass is 10.1. The van der Waals surface area contributed by atoms with Crippen LogP contribution in [0.25, 0.3) is 0 Å². The smallest absolute Gasteiger partial charge is 0.321 e. The molecule has 0 aromatic rings. The minimum atomic E-state index is -0.726. The minimum Gasteiger partial charge on any atom is -0.480 e. The summed E-state index contributed by atoms with van der Waals surface area (Å²) in [4.78, 5) is 13.1. The van der Waals surface area contributed by atoms with Crippen molar-refractivity contribution in [2.75, 3.05) is 20.3 Å². The Morgan fingerprint density at radius 2 is 2.43 bits per heavy atom. The quantitative estimate of drug-likeness (QED) is 0.719. The standard InChI is InChI=1S/C10H19NO3/c1-8-4-3-6-11(8)9(10(12)13)5-7-14-2/h8-9H,3-7H2,1-2H3,(H,12,13). The molecule has 82 valence electrons. The molecule has 1 saturated heterocycles. The van der Waals surface area contributed by atoms with Gasteiger partial charge in [-0.2, -0.15) is 0 Å². The predicted molar refractivity (Wildman–Crippen MR) is 53.3 cm³/mol. The Kier molecular flexibility index (Phi) is 4.35. The van der Waals surface area contributed by atoms with Gasteiger partial charge in [0.2, 0.25) is 0 Å². The van der Waals surface area contributed by atoms with E-state index in [0.29, 0.717) is 19.1 Å². The monoisotopic (exact) mass is 201 g/mol. The average Bonchev–Trinajstić information content (AvgIpc) is 2.52. The van der Waals surface area contributed by atoms with E-state index in [0.717, 1.165) is 19.4 Å². The van der Waals surface area contributed by atoms with E-state index in [9.17, 15) is 4.79 Å². The number of rotatable bonds is 5. The average molecular weight is 201 g/mol. The van der Waals surface area contributed by atoms with Gasteiger partial charge in [0.15, 0.2) is 0 Å². The Labute approximate surface area is 84.8 Å². The second-order valence-electron chi connectivity index (χ2n) is 3.86. The van der Waals surface area contributed by atoms with Crippen LogP contribution in [-0.4, -0.2) is 48.3 Å². The first kappa shape index (κ1) is 11.5. The third-order valence-electron chi connectivity index (χ3n) is 2.89. The Morgan fingerprint density at radius 3 is 2.86 bits per heavy atom. The molecule has 0 spiro atoms. The third kappa shape index (κ3) is 2.69. The van der Waals surface area contributed by atoms with Crippen LogP contribution in [0.4, 0.5) is 0 Å². The van der Waals surface area contributed by atoms with Gasteiger partial charge in [-0.1, -0.05) is 0 Å². The van der Waals surface area contributed by atoms with E-state index in [1.165, 1.54) is 0 Å². The number of ether oxygens (including phenoxy) is 1. The molecule has 4 nitrogen and oxygen atoms in total. The second kappa shape index (κ2) is 5.32. The molecule has 4 heteroatoms. The predicted octanol–water partition coefficient (Wildman–Crippen LogP) is 0.960. The van der Waals surface area contributed by atoms with Crippen molar-refractivity contribution >= 4 is 5.97 Å². The molecule has 0 aromatic carbocycles. The summed E-state index contributed by atoms with van der Waals surface area (Å²) >= 11 is 0. The van der Waals surface area contributed by atoms with E-state index < -0.39 is 5.97 Å². The SMILES string of the molecule is COCCC(C(=O)O)N1CCCC1C. The number of hydrogen-bond donors (Lipinski definition) is 1. The lowest BCUT2D eigenvalue weighted by Gasteiger charge is -2.27. The highest BCUT2D eigenvalue weighted by molar-refractivity contribution is 5.73. The van der Waals surface area contributed by atoms with Gasteiger partial charge in [-0.3, -0.25) is 9.69 Å². The number of carboxylic acids is 1. The zero-order chi connectivity index (χ0) is 10.6. The van der Waals surface area contributed by atoms with Crippen LogP contribution in [0.1, 0.15) is 26.2 Å². The van der Waals surface area contributed by atoms with Gasteiger partial charge < -0.3 is 9.84 Å². The van der Waals surface area contributed by atoms with Crippen molar-refractivity contribution in [2.24, 2.45) is 0 Å². The highest BCUT2D eigenvalue weighted by atomic mass is 16.5. The van der Waals surface area contributed by atoms with Crippen LogP contribution in [-0.2, 0) is 9.53 Å². The molecule has 0 aromatic heterocycles. The summed E-state index contributed by atoms with van der Waals surface area (Å²) in [6, 6.07) is 0.0282. The van der Waals surface area contributed by atoms with Crippen molar-refractivity contribution in [1.29, 1.82) is 0 Å². The summed E-state index contributed by atoms with van der Waals surface area (Å²) < 4.78 is 4.93. The largest absolute Gasteiger partial charge is 0.480 e. The van der Waals surface area contributed by atoms with Crippen LogP contribution >= 0.6 is 0 Å². The molecule has 0 amide bonds. The van der Waals surface area contributed by atoms with E-state index in [1.807, 2.05) is 0 Å². The number of nitrogens with zero attached hydrogens (tertiary/aromatic N) is 1. The number of carbonyl (C=O) groups is 1. The molecule has 2 unspecified atom stereocenters. The van der Waals surface area contributed by atoms with Gasteiger partial charge in [0, 0.05) is 19.8 Å². The summed E-state index contributed by atoms with van der Waals surface area (Å²) in [7, 11) is 1.60. The molecule has 1 heterocycles. The van der Waals surface area contributed by atoms with E-state index >= 15 is 0 Å². The minimum absolute atomic E-state index is 0.368. The van der Waals surface area contributed by atoms with Gasteiger partial charge in [0.1, 0.15) is 6.04 Å².